The fourth-order valence-electron chi connectivity index (χ4n) is 3.88. The van der Waals surface area contributed by atoms with Crippen molar-refractivity contribution in [3.05, 3.63) is 96.1 Å². The van der Waals surface area contributed by atoms with E-state index in [2.05, 4.69) is 34.3 Å². The van der Waals surface area contributed by atoms with Gasteiger partial charge < -0.3 is 9.94 Å². The molecule has 4 rings (SSSR count). The summed E-state index contributed by atoms with van der Waals surface area (Å²) in [7, 11) is 0. The largest absolute Gasteiger partial charge is 0.457 e. The highest BCUT2D eigenvalue weighted by molar-refractivity contribution is 6.01. The van der Waals surface area contributed by atoms with Crippen LogP contribution in [0.2, 0.25) is 0 Å². The lowest BCUT2D eigenvalue weighted by molar-refractivity contribution is 0.235. The van der Waals surface area contributed by atoms with Crippen molar-refractivity contribution >= 4 is 5.71 Å². The van der Waals surface area contributed by atoms with Crippen molar-refractivity contribution in [2.75, 3.05) is 19.6 Å². The van der Waals surface area contributed by atoms with Crippen molar-refractivity contribution in [3.63, 3.8) is 0 Å². The third-order valence-corrected chi connectivity index (χ3v) is 5.52. The number of rotatable bonds is 6. The Morgan fingerprint density at radius 2 is 1.41 bits per heavy atom. The molecule has 0 saturated carbocycles. The van der Waals surface area contributed by atoms with Gasteiger partial charge in [-0.2, -0.15) is 0 Å². The number of likely N-dealkylation sites (tertiary alicyclic amines) is 1. The second-order valence-corrected chi connectivity index (χ2v) is 7.45. The Hall–Kier alpha value is -3.11. The van der Waals surface area contributed by atoms with Gasteiger partial charge in [-0.25, -0.2) is 0 Å². The second-order valence-electron chi connectivity index (χ2n) is 7.45. The molecule has 4 heteroatoms. The molecule has 1 aliphatic rings. The molecule has 29 heavy (non-hydrogen) atoms. The molecular weight excluding hydrogens is 360 g/mol. The maximum absolute atomic E-state index is 9.42. The van der Waals surface area contributed by atoms with Crippen molar-refractivity contribution in [3.8, 4) is 11.5 Å². The van der Waals surface area contributed by atoms with Crippen LogP contribution in [0.5, 0.6) is 11.5 Å². The average molecular weight is 386 g/mol. The molecule has 0 aromatic heterocycles. The molecule has 3 aromatic carbocycles. The third kappa shape index (κ3) is 5.04. The van der Waals surface area contributed by atoms with Gasteiger partial charge in [0.1, 0.15) is 17.2 Å². The van der Waals surface area contributed by atoms with Crippen LogP contribution in [0, 0.1) is 0 Å². The highest BCUT2D eigenvalue weighted by Crippen LogP contribution is 2.30. The van der Waals surface area contributed by atoms with Crippen LogP contribution in [-0.2, 0) is 0 Å². The van der Waals surface area contributed by atoms with Gasteiger partial charge in [0.15, 0.2) is 0 Å². The summed E-state index contributed by atoms with van der Waals surface area (Å²) >= 11 is 0. The first-order chi connectivity index (χ1) is 14.3. The van der Waals surface area contributed by atoms with Crippen molar-refractivity contribution in [1.29, 1.82) is 0 Å². The smallest absolute Gasteiger partial charge is 0.127 e. The lowest BCUT2D eigenvalue weighted by Gasteiger charge is -2.32. The minimum atomic E-state index is 0.559. The maximum Gasteiger partial charge on any atom is 0.127 e. The summed E-state index contributed by atoms with van der Waals surface area (Å²) in [6, 6.07) is 28.2. The molecule has 0 amide bonds. The number of oxime groups is 1. The van der Waals surface area contributed by atoms with E-state index in [-0.39, 0.29) is 0 Å². The molecule has 0 atom stereocenters. The Bertz CT molecular complexity index is 916. The fourth-order valence-corrected chi connectivity index (χ4v) is 3.88. The van der Waals surface area contributed by atoms with E-state index in [1.165, 1.54) is 5.56 Å². The molecule has 1 saturated heterocycles. The normalized spacial score (nSPS) is 15.9. The summed E-state index contributed by atoms with van der Waals surface area (Å²) in [5.74, 6) is 2.28. The zero-order valence-electron chi connectivity index (χ0n) is 16.4. The number of nitrogens with zero attached hydrogens (tertiary/aromatic N) is 2. The van der Waals surface area contributed by atoms with Gasteiger partial charge in [0.2, 0.25) is 0 Å². The van der Waals surface area contributed by atoms with Crippen molar-refractivity contribution in [1.82, 2.24) is 4.90 Å². The third-order valence-electron chi connectivity index (χ3n) is 5.52. The quantitative estimate of drug-likeness (QED) is 0.344. The van der Waals surface area contributed by atoms with Crippen molar-refractivity contribution < 1.29 is 9.94 Å². The molecule has 0 radical (unpaired) electrons. The molecule has 1 heterocycles. The van der Waals surface area contributed by atoms with Gasteiger partial charge in [-0.15, -0.1) is 0 Å². The Morgan fingerprint density at radius 3 is 2.03 bits per heavy atom. The van der Waals surface area contributed by atoms with Crippen molar-refractivity contribution in [2.45, 2.75) is 18.8 Å². The topological polar surface area (TPSA) is 45.1 Å². The first-order valence-electron chi connectivity index (χ1n) is 10.1. The summed E-state index contributed by atoms with van der Waals surface area (Å²) in [6.45, 7) is 2.68. The van der Waals surface area contributed by atoms with Crippen LogP contribution < -0.4 is 4.74 Å². The van der Waals surface area contributed by atoms with Crippen LogP contribution in [0.15, 0.2) is 90.1 Å². The predicted octanol–water partition coefficient (Wildman–Crippen LogP) is 5.54. The van der Waals surface area contributed by atoms with Crippen LogP contribution in [0.1, 0.15) is 29.9 Å². The highest BCUT2D eigenvalue weighted by Gasteiger charge is 2.22. The monoisotopic (exact) mass is 386 g/mol. The number of benzene rings is 3. The van der Waals surface area contributed by atoms with E-state index in [4.69, 9.17) is 4.74 Å². The molecule has 0 unspecified atom stereocenters. The number of ether oxygens (including phenoxy) is 1. The van der Waals surface area contributed by atoms with Gasteiger partial charge in [-0.1, -0.05) is 65.8 Å². The van der Waals surface area contributed by atoms with Gasteiger partial charge in [0.05, 0.1) is 0 Å². The lowest BCUT2D eigenvalue weighted by Crippen LogP contribution is -2.37. The highest BCUT2D eigenvalue weighted by atomic mass is 16.5. The van der Waals surface area contributed by atoms with Crippen LogP contribution >= 0.6 is 0 Å². The standard InChI is InChI=1S/C25H26N2O2/c28-26-25(22-7-3-1-4-8-22)19-27-17-15-21(16-18-27)20-11-13-24(14-12-20)29-23-9-5-2-6-10-23/h1-14,21,28H,15-19H2. The zero-order valence-corrected chi connectivity index (χ0v) is 16.4. The van der Waals surface area contributed by atoms with Gasteiger partial charge in [0.25, 0.3) is 0 Å². The van der Waals surface area contributed by atoms with Gasteiger partial charge in [-0.05, 0) is 61.7 Å². The SMILES string of the molecule is ON=C(CN1CCC(c2ccc(Oc3ccccc3)cc2)CC1)c1ccccc1. The Labute approximate surface area is 172 Å². The van der Waals surface area contributed by atoms with Crippen LogP contribution in [-0.4, -0.2) is 35.5 Å². The molecule has 4 nitrogen and oxygen atoms in total. The predicted molar refractivity (Wildman–Crippen MR) is 116 cm³/mol. The first kappa shape index (κ1) is 19.2. The van der Waals surface area contributed by atoms with Crippen molar-refractivity contribution in [2.24, 2.45) is 5.16 Å². The Balaban J connectivity index is 1.31. The molecule has 3 aromatic rings. The van der Waals surface area contributed by atoms with E-state index in [0.717, 1.165) is 48.7 Å². The molecule has 1 fully saturated rings. The minimum absolute atomic E-state index is 0.559. The Kier molecular flexibility index (Phi) is 6.22. The summed E-state index contributed by atoms with van der Waals surface area (Å²) < 4.78 is 5.89. The molecule has 0 aliphatic carbocycles. The van der Waals surface area contributed by atoms with E-state index >= 15 is 0 Å². The van der Waals surface area contributed by atoms with Crippen LogP contribution in [0.3, 0.4) is 0 Å². The number of hydrogen-bond acceptors (Lipinski definition) is 4. The molecule has 1 N–H and O–H groups in total. The fraction of sp³-hybridized carbons (Fsp3) is 0.240. The second kappa shape index (κ2) is 9.39. The Morgan fingerprint density at radius 1 is 0.828 bits per heavy atom. The number of hydrogen-bond donors (Lipinski definition) is 1. The summed E-state index contributed by atoms with van der Waals surface area (Å²) in [5.41, 5.74) is 3.07. The van der Waals surface area contributed by atoms with E-state index < -0.39 is 0 Å². The van der Waals surface area contributed by atoms with Crippen LogP contribution in [0.4, 0.5) is 0 Å². The molecule has 0 bridgehead atoms. The number of piperidine rings is 1. The first-order valence-corrected chi connectivity index (χ1v) is 10.1. The van der Waals surface area contributed by atoms with Gasteiger partial charge >= 0.3 is 0 Å². The van der Waals surface area contributed by atoms with Gasteiger partial charge in [0, 0.05) is 12.1 Å². The summed E-state index contributed by atoms with van der Waals surface area (Å²) in [5, 5.41) is 13.0. The molecular formula is C25H26N2O2. The molecule has 0 spiro atoms. The minimum Gasteiger partial charge on any atom is -0.457 e. The van der Waals surface area contributed by atoms with E-state index in [0.29, 0.717) is 12.5 Å². The van der Waals surface area contributed by atoms with E-state index in [9.17, 15) is 5.21 Å². The summed E-state index contributed by atoms with van der Waals surface area (Å²) in [4.78, 5) is 2.37. The number of para-hydroxylation sites is 1. The maximum atomic E-state index is 9.42. The molecule has 1 aliphatic heterocycles. The lowest BCUT2D eigenvalue weighted by atomic mass is 9.89. The summed E-state index contributed by atoms with van der Waals surface area (Å²) in [6.07, 6.45) is 2.21. The van der Waals surface area contributed by atoms with Gasteiger partial charge in [-0.3, -0.25) is 4.90 Å². The average Bonchev–Trinajstić information content (AvgIpc) is 2.80. The van der Waals surface area contributed by atoms with Crippen LogP contribution in [0.25, 0.3) is 0 Å². The van der Waals surface area contributed by atoms with E-state index in [1.807, 2.05) is 60.7 Å². The zero-order chi connectivity index (χ0) is 19.9. The van der Waals surface area contributed by atoms with E-state index in [1.54, 1.807) is 0 Å². The molecule has 148 valence electrons.